The maximum atomic E-state index is 6.13. The molecule has 0 aliphatic carbocycles. The highest BCUT2D eigenvalue weighted by molar-refractivity contribution is 9.10. The summed E-state index contributed by atoms with van der Waals surface area (Å²) in [5.74, 6) is 5.60. The molecule has 1 unspecified atom stereocenters. The number of benzene rings is 1. The molecule has 2 aromatic rings. The number of nitrogens with zero attached hydrogens (tertiary/aromatic N) is 1. The normalized spacial score (nSPS) is 12.4. The minimum absolute atomic E-state index is 0.104. The van der Waals surface area contributed by atoms with Gasteiger partial charge in [0.1, 0.15) is 0 Å². The SMILES string of the molecule is NNC(Cc1cccc(Br)c1)c1ncccc1Cl. The Morgan fingerprint density at radius 3 is 2.83 bits per heavy atom. The maximum Gasteiger partial charge on any atom is 0.0775 e. The molecule has 0 saturated heterocycles. The molecule has 1 aromatic carbocycles. The van der Waals surface area contributed by atoms with E-state index in [9.17, 15) is 0 Å². The van der Waals surface area contributed by atoms with Crippen LogP contribution >= 0.6 is 27.5 Å². The quantitative estimate of drug-likeness (QED) is 0.670. The largest absolute Gasteiger partial charge is 0.271 e. The third kappa shape index (κ3) is 3.29. The minimum Gasteiger partial charge on any atom is -0.271 e. The van der Waals surface area contributed by atoms with Crippen LogP contribution in [0.5, 0.6) is 0 Å². The molecule has 0 saturated carbocycles. The number of hydrogen-bond acceptors (Lipinski definition) is 3. The number of halogens is 2. The van der Waals surface area contributed by atoms with Crippen LogP contribution in [0.2, 0.25) is 5.02 Å². The average molecular weight is 327 g/mol. The molecule has 1 heterocycles. The summed E-state index contributed by atoms with van der Waals surface area (Å²) in [6, 6.07) is 11.6. The lowest BCUT2D eigenvalue weighted by Crippen LogP contribution is -2.30. The Balaban J connectivity index is 2.23. The molecule has 0 aliphatic rings. The van der Waals surface area contributed by atoms with Crippen molar-refractivity contribution < 1.29 is 0 Å². The van der Waals surface area contributed by atoms with E-state index in [0.717, 1.165) is 22.2 Å². The van der Waals surface area contributed by atoms with Crippen molar-refractivity contribution in [2.45, 2.75) is 12.5 Å². The molecule has 3 nitrogen and oxygen atoms in total. The van der Waals surface area contributed by atoms with Crippen LogP contribution in [0.1, 0.15) is 17.3 Å². The Labute approximate surface area is 119 Å². The second-order valence-corrected chi connectivity index (χ2v) is 5.25. The van der Waals surface area contributed by atoms with Crippen molar-refractivity contribution in [3.05, 3.63) is 63.3 Å². The molecule has 1 aromatic heterocycles. The van der Waals surface area contributed by atoms with Gasteiger partial charge in [-0.1, -0.05) is 39.7 Å². The first kappa shape index (κ1) is 13.5. The van der Waals surface area contributed by atoms with Crippen LogP contribution in [0.15, 0.2) is 47.1 Å². The van der Waals surface area contributed by atoms with Gasteiger partial charge in [0.05, 0.1) is 16.8 Å². The van der Waals surface area contributed by atoms with Crippen LogP contribution in [0.4, 0.5) is 0 Å². The molecule has 0 radical (unpaired) electrons. The first-order valence-corrected chi connectivity index (χ1v) is 6.69. The molecule has 2 rings (SSSR count). The second kappa shape index (κ2) is 6.29. The summed E-state index contributed by atoms with van der Waals surface area (Å²) in [6.07, 6.45) is 2.44. The summed E-state index contributed by atoms with van der Waals surface area (Å²) < 4.78 is 1.04. The summed E-state index contributed by atoms with van der Waals surface area (Å²) in [6.45, 7) is 0. The van der Waals surface area contributed by atoms with E-state index in [0.29, 0.717) is 5.02 Å². The fourth-order valence-corrected chi connectivity index (χ4v) is 2.49. The fraction of sp³-hybridized carbons (Fsp3) is 0.154. The molecule has 5 heteroatoms. The molecule has 94 valence electrons. The number of hydrogen-bond donors (Lipinski definition) is 2. The maximum absolute atomic E-state index is 6.13. The zero-order valence-electron chi connectivity index (χ0n) is 9.61. The van der Waals surface area contributed by atoms with Gasteiger partial charge in [-0.05, 0) is 36.2 Å². The Kier molecular flexibility index (Phi) is 4.72. The Morgan fingerprint density at radius 1 is 1.33 bits per heavy atom. The second-order valence-electron chi connectivity index (χ2n) is 3.92. The molecular weight excluding hydrogens is 314 g/mol. The minimum atomic E-state index is -0.104. The van der Waals surface area contributed by atoms with Gasteiger partial charge in [0, 0.05) is 10.7 Å². The molecule has 3 N–H and O–H groups in total. The first-order valence-electron chi connectivity index (χ1n) is 5.51. The summed E-state index contributed by atoms with van der Waals surface area (Å²) >= 11 is 9.58. The van der Waals surface area contributed by atoms with Crippen LogP contribution in [-0.2, 0) is 6.42 Å². The van der Waals surface area contributed by atoms with Gasteiger partial charge in [-0.25, -0.2) is 0 Å². The van der Waals surface area contributed by atoms with Gasteiger partial charge < -0.3 is 0 Å². The van der Waals surface area contributed by atoms with E-state index in [1.54, 1.807) is 12.3 Å². The van der Waals surface area contributed by atoms with Crippen LogP contribution in [0.3, 0.4) is 0 Å². The fourth-order valence-electron chi connectivity index (χ4n) is 1.79. The monoisotopic (exact) mass is 325 g/mol. The summed E-state index contributed by atoms with van der Waals surface area (Å²) in [4.78, 5) is 4.28. The molecule has 0 amide bonds. The molecule has 0 bridgehead atoms. The van der Waals surface area contributed by atoms with E-state index < -0.39 is 0 Å². The summed E-state index contributed by atoms with van der Waals surface area (Å²) in [7, 11) is 0. The standard InChI is InChI=1S/C13H13BrClN3/c14-10-4-1-3-9(7-10)8-12(18-16)13-11(15)5-2-6-17-13/h1-7,12,18H,8,16H2. The number of rotatable bonds is 4. The highest BCUT2D eigenvalue weighted by atomic mass is 79.9. The molecule has 0 fully saturated rings. The molecule has 0 aliphatic heterocycles. The van der Waals surface area contributed by atoms with Crippen molar-refractivity contribution in [1.82, 2.24) is 10.4 Å². The van der Waals surface area contributed by atoms with E-state index >= 15 is 0 Å². The number of aromatic nitrogens is 1. The Bertz CT molecular complexity index is 533. The van der Waals surface area contributed by atoms with Gasteiger partial charge in [0.2, 0.25) is 0 Å². The number of nitrogens with one attached hydrogen (secondary N) is 1. The highest BCUT2D eigenvalue weighted by Crippen LogP contribution is 2.23. The van der Waals surface area contributed by atoms with E-state index in [4.69, 9.17) is 17.4 Å². The summed E-state index contributed by atoms with van der Waals surface area (Å²) in [5.41, 5.74) is 4.69. The average Bonchev–Trinajstić information content (AvgIpc) is 2.37. The van der Waals surface area contributed by atoms with E-state index in [1.807, 2.05) is 24.3 Å². The number of nitrogens with two attached hydrogens (primary N) is 1. The van der Waals surface area contributed by atoms with Gasteiger partial charge in [0.15, 0.2) is 0 Å². The molecule has 18 heavy (non-hydrogen) atoms. The number of pyridine rings is 1. The van der Waals surface area contributed by atoms with Crippen LogP contribution in [0.25, 0.3) is 0 Å². The predicted molar refractivity (Wildman–Crippen MR) is 77.2 cm³/mol. The zero-order chi connectivity index (χ0) is 13.0. The van der Waals surface area contributed by atoms with E-state index in [2.05, 4.69) is 32.4 Å². The molecule has 1 atom stereocenters. The highest BCUT2D eigenvalue weighted by Gasteiger charge is 2.15. The number of hydrazine groups is 1. The lowest BCUT2D eigenvalue weighted by molar-refractivity contribution is 0.538. The lowest BCUT2D eigenvalue weighted by Gasteiger charge is -2.16. The van der Waals surface area contributed by atoms with Crippen LogP contribution < -0.4 is 11.3 Å². The van der Waals surface area contributed by atoms with Crippen molar-refractivity contribution in [3.63, 3.8) is 0 Å². The third-order valence-corrected chi connectivity index (χ3v) is 3.46. The van der Waals surface area contributed by atoms with Crippen molar-refractivity contribution in [2.24, 2.45) is 5.84 Å². The van der Waals surface area contributed by atoms with E-state index in [1.165, 1.54) is 0 Å². The summed E-state index contributed by atoms with van der Waals surface area (Å²) in [5, 5.41) is 0.621. The van der Waals surface area contributed by atoms with E-state index in [-0.39, 0.29) is 6.04 Å². The van der Waals surface area contributed by atoms with Gasteiger partial charge in [-0.15, -0.1) is 0 Å². The lowest BCUT2D eigenvalue weighted by atomic mass is 10.0. The Morgan fingerprint density at radius 2 is 2.17 bits per heavy atom. The smallest absolute Gasteiger partial charge is 0.0775 e. The Hall–Kier alpha value is -0.940. The van der Waals surface area contributed by atoms with Gasteiger partial charge in [-0.2, -0.15) is 0 Å². The van der Waals surface area contributed by atoms with Crippen molar-refractivity contribution >= 4 is 27.5 Å². The van der Waals surface area contributed by atoms with Gasteiger partial charge >= 0.3 is 0 Å². The van der Waals surface area contributed by atoms with Crippen molar-refractivity contribution in [1.29, 1.82) is 0 Å². The van der Waals surface area contributed by atoms with Crippen LogP contribution in [-0.4, -0.2) is 4.98 Å². The topological polar surface area (TPSA) is 50.9 Å². The predicted octanol–water partition coefficient (Wildman–Crippen LogP) is 3.24. The third-order valence-electron chi connectivity index (χ3n) is 2.65. The van der Waals surface area contributed by atoms with Crippen LogP contribution in [0, 0.1) is 0 Å². The van der Waals surface area contributed by atoms with Crippen molar-refractivity contribution in [3.8, 4) is 0 Å². The molecule has 0 spiro atoms. The van der Waals surface area contributed by atoms with Crippen molar-refractivity contribution in [2.75, 3.05) is 0 Å². The first-order chi connectivity index (χ1) is 8.70. The zero-order valence-corrected chi connectivity index (χ0v) is 11.9. The molecular formula is C13H13BrClN3. The van der Waals surface area contributed by atoms with Gasteiger partial charge in [-0.3, -0.25) is 16.3 Å². The van der Waals surface area contributed by atoms with Gasteiger partial charge in [0.25, 0.3) is 0 Å².